The molecule has 3 aromatic rings. The number of nitrogens with zero attached hydrogens (tertiary/aromatic N) is 5. The first-order chi connectivity index (χ1) is 14.0. The molecule has 0 saturated carbocycles. The zero-order valence-electron chi connectivity index (χ0n) is 14.6. The van der Waals surface area contributed by atoms with E-state index in [-0.39, 0.29) is 18.3 Å². The lowest BCUT2D eigenvalue weighted by atomic mass is 10.2. The summed E-state index contributed by atoms with van der Waals surface area (Å²) in [5, 5.41) is 5.38. The molecule has 1 N–H and O–H groups in total. The second-order valence-corrected chi connectivity index (χ2v) is 5.46. The van der Waals surface area contributed by atoms with Crippen LogP contribution in [0.15, 0.2) is 60.0 Å². The van der Waals surface area contributed by atoms with Crippen LogP contribution in [0.4, 0.5) is 25.1 Å². The molecule has 9 nitrogen and oxygen atoms in total. The number of rotatable bonds is 6. The normalized spacial score (nSPS) is 10.0. The summed E-state index contributed by atoms with van der Waals surface area (Å²) in [7, 11) is 0. The molecule has 29 heavy (non-hydrogen) atoms. The molecule has 0 aliphatic rings. The van der Waals surface area contributed by atoms with E-state index >= 15 is 0 Å². The van der Waals surface area contributed by atoms with Gasteiger partial charge in [-0.15, -0.1) is 0 Å². The summed E-state index contributed by atoms with van der Waals surface area (Å²) in [6.07, 6.45) is 0.0855. The second kappa shape index (κ2) is 9.11. The molecule has 0 spiro atoms. The van der Waals surface area contributed by atoms with Crippen LogP contribution in [0.25, 0.3) is 10.4 Å². The number of carbonyl (C=O) groups is 1. The van der Waals surface area contributed by atoms with Crippen LogP contribution in [0.3, 0.4) is 0 Å². The van der Waals surface area contributed by atoms with Crippen molar-refractivity contribution >= 4 is 17.6 Å². The standard InChI is InChI=1S/C18H12F2N6O3/c19-12-7-15(29-17-8-16(25-26-21)22-10-23-17)13(20)6-14(12)24-18(27)28-9-11-4-2-1-3-5-11/h1-8,10H,9H2,(H,24,27). The molecule has 0 atom stereocenters. The molecule has 146 valence electrons. The van der Waals surface area contributed by atoms with Crippen LogP contribution in [-0.2, 0) is 11.3 Å². The molecule has 0 aliphatic heterocycles. The Balaban J connectivity index is 1.68. The van der Waals surface area contributed by atoms with Gasteiger partial charge >= 0.3 is 6.09 Å². The zero-order valence-corrected chi connectivity index (χ0v) is 14.6. The minimum absolute atomic E-state index is 0.0286. The SMILES string of the molecule is [N-]=[N+]=Nc1cc(Oc2cc(F)c(NC(=O)OCc3ccccc3)cc2F)ncn1. The molecule has 0 bridgehead atoms. The van der Waals surface area contributed by atoms with E-state index in [2.05, 4.69) is 25.3 Å². The van der Waals surface area contributed by atoms with Gasteiger partial charge in [0.05, 0.1) is 5.69 Å². The lowest BCUT2D eigenvalue weighted by Gasteiger charge is -2.11. The maximum Gasteiger partial charge on any atom is 0.412 e. The highest BCUT2D eigenvalue weighted by Gasteiger charge is 2.15. The largest absolute Gasteiger partial charge is 0.444 e. The quantitative estimate of drug-likeness (QED) is 0.346. The van der Waals surface area contributed by atoms with Crippen molar-refractivity contribution in [3.63, 3.8) is 0 Å². The molecule has 1 amide bonds. The molecular formula is C18H12F2N6O3. The van der Waals surface area contributed by atoms with Gasteiger partial charge in [-0.2, -0.15) is 0 Å². The van der Waals surface area contributed by atoms with E-state index in [1.165, 1.54) is 0 Å². The van der Waals surface area contributed by atoms with Gasteiger partial charge in [-0.3, -0.25) is 5.32 Å². The molecule has 1 heterocycles. The molecular weight excluding hydrogens is 386 g/mol. The lowest BCUT2D eigenvalue weighted by molar-refractivity contribution is 0.155. The van der Waals surface area contributed by atoms with Gasteiger partial charge < -0.3 is 9.47 Å². The number of halogens is 2. The van der Waals surface area contributed by atoms with Crippen molar-refractivity contribution in [3.8, 4) is 11.6 Å². The Morgan fingerprint density at radius 2 is 1.93 bits per heavy atom. The molecule has 0 radical (unpaired) electrons. The topological polar surface area (TPSA) is 122 Å². The van der Waals surface area contributed by atoms with Gasteiger partial charge in [-0.05, 0) is 16.2 Å². The van der Waals surface area contributed by atoms with Crippen LogP contribution in [0, 0.1) is 11.6 Å². The molecule has 0 unspecified atom stereocenters. The van der Waals surface area contributed by atoms with Crippen molar-refractivity contribution < 1.29 is 23.0 Å². The highest BCUT2D eigenvalue weighted by atomic mass is 19.1. The minimum Gasteiger partial charge on any atom is -0.444 e. The van der Waals surface area contributed by atoms with Crippen LogP contribution in [0.5, 0.6) is 11.6 Å². The Bertz CT molecular complexity index is 1070. The van der Waals surface area contributed by atoms with Gasteiger partial charge in [0.15, 0.2) is 17.4 Å². The summed E-state index contributed by atoms with van der Waals surface area (Å²) in [5.41, 5.74) is 8.70. The Hall–Kier alpha value is -4.24. The Kier molecular flexibility index (Phi) is 6.13. The number of aromatic nitrogens is 2. The number of azide groups is 1. The smallest absolute Gasteiger partial charge is 0.412 e. The fourth-order valence-corrected chi connectivity index (χ4v) is 2.17. The van der Waals surface area contributed by atoms with Gasteiger partial charge in [0.1, 0.15) is 18.8 Å². The van der Waals surface area contributed by atoms with E-state index in [1.807, 2.05) is 6.07 Å². The zero-order chi connectivity index (χ0) is 20.6. The average molecular weight is 398 g/mol. The third kappa shape index (κ3) is 5.37. The highest BCUT2D eigenvalue weighted by molar-refractivity contribution is 5.84. The fraction of sp³-hybridized carbons (Fsp3) is 0.0556. The van der Waals surface area contributed by atoms with E-state index in [9.17, 15) is 13.6 Å². The average Bonchev–Trinajstić information content (AvgIpc) is 2.71. The van der Waals surface area contributed by atoms with E-state index in [4.69, 9.17) is 15.0 Å². The molecule has 0 saturated heterocycles. The van der Waals surface area contributed by atoms with Gasteiger partial charge in [0.2, 0.25) is 5.88 Å². The van der Waals surface area contributed by atoms with Crippen molar-refractivity contribution in [1.29, 1.82) is 0 Å². The third-order valence-electron chi connectivity index (χ3n) is 3.46. The van der Waals surface area contributed by atoms with E-state index in [0.29, 0.717) is 0 Å². The van der Waals surface area contributed by atoms with Crippen molar-refractivity contribution in [2.24, 2.45) is 5.11 Å². The summed E-state index contributed by atoms with van der Waals surface area (Å²) < 4.78 is 38.6. The van der Waals surface area contributed by atoms with Crippen LogP contribution in [-0.4, -0.2) is 16.1 Å². The van der Waals surface area contributed by atoms with Crippen molar-refractivity contribution in [3.05, 3.63) is 82.5 Å². The molecule has 2 aromatic carbocycles. The predicted octanol–water partition coefficient (Wildman–Crippen LogP) is 5.24. The van der Waals surface area contributed by atoms with Crippen molar-refractivity contribution in [1.82, 2.24) is 9.97 Å². The van der Waals surface area contributed by atoms with Gasteiger partial charge in [0, 0.05) is 23.1 Å². The van der Waals surface area contributed by atoms with Crippen molar-refractivity contribution in [2.45, 2.75) is 6.61 Å². The maximum atomic E-state index is 14.3. The van der Waals surface area contributed by atoms with E-state index in [1.54, 1.807) is 24.3 Å². The molecule has 11 heteroatoms. The lowest BCUT2D eigenvalue weighted by Crippen LogP contribution is -2.14. The number of nitrogens with one attached hydrogen (secondary N) is 1. The summed E-state index contributed by atoms with van der Waals surface area (Å²) in [6, 6.07) is 11.5. The summed E-state index contributed by atoms with van der Waals surface area (Å²) in [5.74, 6) is -2.63. The van der Waals surface area contributed by atoms with Gasteiger partial charge in [0.25, 0.3) is 0 Å². The highest BCUT2D eigenvalue weighted by Crippen LogP contribution is 2.29. The number of ether oxygens (including phenoxy) is 2. The van der Waals surface area contributed by atoms with E-state index in [0.717, 1.165) is 30.1 Å². The third-order valence-corrected chi connectivity index (χ3v) is 3.46. The monoisotopic (exact) mass is 398 g/mol. The first-order valence-corrected chi connectivity index (χ1v) is 8.07. The predicted molar refractivity (Wildman–Crippen MR) is 97.5 cm³/mol. The molecule has 1 aromatic heterocycles. The number of hydrogen-bond acceptors (Lipinski definition) is 6. The Morgan fingerprint density at radius 3 is 2.69 bits per heavy atom. The first-order valence-electron chi connectivity index (χ1n) is 8.07. The van der Waals surface area contributed by atoms with Crippen LogP contribution in [0.1, 0.15) is 5.56 Å². The Morgan fingerprint density at radius 1 is 1.14 bits per heavy atom. The Labute approximate surface area is 162 Å². The summed E-state index contributed by atoms with van der Waals surface area (Å²) in [4.78, 5) is 21.7. The summed E-state index contributed by atoms with van der Waals surface area (Å²) >= 11 is 0. The van der Waals surface area contributed by atoms with Crippen LogP contribution >= 0.6 is 0 Å². The second-order valence-electron chi connectivity index (χ2n) is 5.46. The molecule has 3 rings (SSSR count). The number of carbonyl (C=O) groups excluding carboxylic acids is 1. The number of anilines is 1. The minimum atomic E-state index is -0.964. The molecule has 0 fully saturated rings. The first kappa shape index (κ1) is 19.5. The summed E-state index contributed by atoms with van der Waals surface area (Å²) in [6.45, 7) is -0.0286. The van der Waals surface area contributed by atoms with E-state index < -0.39 is 29.2 Å². The van der Waals surface area contributed by atoms with Crippen molar-refractivity contribution in [2.75, 3.05) is 5.32 Å². The number of hydrogen-bond donors (Lipinski definition) is 1. The molecule has 0 aliphatic carbocycles. The number of benzene rings is 2. The number of amides is 1. The fourth-order valence-electron chi connectivity index (χ4n) is 2.17. The van der Waals surface area contributed by atoms with Gasteiger partial charge in [-0.25, -0.2) is 23.5 Å². The van der Waals surface area contributed by atoms with Crippen LogP contribution in [0.2, 0.25) is 0 Å². The maximum absolute atomic E-state index is 14.3. The van der Waals surface area contributed by atoms with Gasteiger partial charge in [-0.1, -0.05) is 30.3 Å². The van der Waals surface area contributed by atoms with Crippen LogP contribution < -0.4 is 10.1 Å².